The van der Waals surface area contributed by atoms with E-state index in [9.17, 15) is 18.0 Å². The van der Waals surface area contributed by atoms with Crippen LogP contribution in [0.3, 0.4) is 0 Å². The maximum Gasteiger partial charge on any atom is 0.277 e. The molecule has 0 fully saturated rings. The van der Waals surface area contributed by atoms with Crippen molar-refractivity contribution in [1.29, 1.82) is 0 Å². The number of fused-ring (bicyclic) bond motifs is 1. The van der Waals surface area contributed by atoms with Crippen LogP contribution >= 0.6 is 0 Å². The second kappa shape index (κ2) is 12.0. The number of aromatic nitrogens is 3. The van der Waals surface area contributed by atoms with Crippen molar-refractivity contribution < 1.29 is 17.6 Å². The van der Waals surface area contributed by atoms with E-state index < -0.39 is 26.9 Å². The van der Waals surface area contributed by atoms with Gasteiger partial charge in [0.25, 0.3) is 5.56 Å². The monoisotopic (exact) mass is 609 g/mol. The van der Waals surface area contributed by atoms with Gasteiger partial charge in [0.15, 0.2) is 0 Å². The largest absolute Gasteiger partial charge is 0.350 e. The maximum absolute atomic E-state index is 15.7. The van der Waals surface area contributed by atoms with Gasteiger partial charge in [0.1, 0.15) is 23.7 Å². The molecule has 0 saturated heterocycles. The summed E-state index contributed by atoms with van der Waals surface area (Å²) in [7, 11) is -3.88. The van der Waals surface area contributed by atoms with Crippen LogP contribution in [0.15, 0.2) is 64.4 Å². The highest BCUT2D eigenvalue weighted by atomic mass is 32.2. The number of aryl methyl sites for hydroxylation is 1. The Kier molecular flexibility index (Phi) is 8.99. The number of nitrogens with one attached hydrogen (secondary N) is 2. The van der Waals surface area contributed by atoms with E-state index in [4.69, 9.17) is 0 Å². The molecule has 2 aromatic carbocycles. The molecular weight excluding hydrogens is 569 g/mol. The number of carbonyl (C=O) groups is 1. The van der Waals surface area contributed by atoms with E-state index in [1.807, 2.05) is 27.7 Å². The van der Waals surface area contributed by atoms with Crippen LogP contribution < -0.4 is 15.6 Å². The van der Waals surface area contributed by atoms with Gasteiger partial charge >= 0.3 is 0 Å². The first-order valence-electron chi connectivity index (χ1n) is 14.3. The fraction of sp³-hybridized carbons (Fsp3) is 0.406. The van der Waals surface area contributed by atoms with Gasteiger partial charge in [0, 0.05) is 34.8 Å². The Balaban J connectivity index is 1.74. The molecule has 0 spiro atoms. The molecule has 2 aromatic heterocycles. The number of nitrogens with zero attached hydrogens (tertiary/aromatic N) is 3. The Morgan fingerprint density at radius 2 is 1.70 bits per heavy atom. The summed E-state index contributed by atoms with van der Waals surface area (Å²) in [6.07, 6.45) is 2.89. The molecule has 11 heteroatoms. The predicted octanol–water partition coefficient (Wildman–Crippen LogP) is 5.00. The van der Waals surface area contributed by atoms with E-state index in [0.29, 0.717) is 40.0 Å². The molecule has 230 valence electrons. The van der Waals surface area contributed by atoms with E-state index in [1.165, 1.54) is 16.7 Å². The molecule has 0 aliphatic rings. The molecule has 0 saturated carbocycles. The summed E-state index contributed by atoms with van der Waals surface area (Å²) < 4.78 is 47.7. The van der Waals surface area contributed by atoms with Crippen LogP contribution in [0, 0.1) is 5.82 Å². The molecular formula is C32H40FN5O4S. The van der Waals surface area contributed by atoms with Crippen molar-refractivity contribution in [3.05, 3.63) is 82.3 Å². The molecule has 9 nitrogen and oxygen atoms in total. The fourth-order valence-electron chi connectivity index (χ4n) is 4.96. The predicted molar refractivity (Wildman–Crippen MR) is 167 cm³/mol. The molecule has 0 atom stereocenters. The van der Waals surface area contributed by atoms with Gasteiger partial charge in [-0.2, -0.15) is 0 Å². The minimum atomic E-state index is -3.88. The highest BCUT2D eigenvalue weighted by Gasteiger charge is 2.25. The van der Waals surface area contributed by atoms with Crippen molar-refractivity contribution in [3.63, 3.8) is 0 Å². The van der Waals surface area contributed by atoms with Crippen LogP contribution in [0.1, 0.15) is 66.3 Å². The van der Waals surface area contributed by atoms with Crippen molar-refractivity contribution in [2.75, 3.05) is 0 Å². The second-order valence-electron chi connectivity index (χ2n) is 12.8. The Hall–Kier alpha value is -3.83. The summed E-state index contributed by atoms with van der Waals surface area (Å²) in [5, 5.41) is 2.86. The van der Waals surface area contributed by atoms with Gasteiger partial charge in [-0.25, -0.2) is 22.5 Å². The lowest BCUT2D eigenvalue weighted by molar-refractivity contribution is -0.123. The number of benzene rings is 2. The number of halogens is 1. The quantitative estimate of drug-likeness (QED) is 0.277. The van der Waals surface area contributed by atoms with Crippen molar-refractivity contribution in [3.8, 4) is 11.1 Å². The molecule has 0 bridgehead atoms. The van der Waals surface area contributed by atoms with E-state index in [-0.39, 0.29) is 29.5 Å². The Labute approximate surface area is 252 Å². The summed E-state index contributed by atoms with van der Waals surface area (Å²) in [5.41, 5.74) is 0.338. The number of pyridine rings is 1. The molecule has 43 heavy (non-hydrogen) atoms. The zero-order valence-electron chi connectivity index (χ0n) is 25.8. The van der Waals surface area contributed by atoms with E-state index in [0.717, 1.165) is 6.42 Å². The fourth-order valence-corrected chi connectivity index (χ4v) is 6.61. The Morgan fingerprint density at radius 3 is 2.33 bits per heavy atom. The van der Waals surface area contributed by atoms with Crippen LogP contribution in [-0.4, -0.2) is 39.5 Å². The van der Waals surface area contributed by atoms with E-state index in [2.05, 4.69) is 15.0 Å². The second-order valence-corrected chi connectivity index (χ2v) is 14.5. The standard InChI is InChI=1S/C32H40FN5O4S/c1-8-11-27-34-25-16-17-37(20-28(39)35-31(2,3)4)30(40)29(25)38(27)19-22-15-14-21(18-24(22)33)23-12-9-10-13-26(23)43(41,42)36-32(5,6)7/h9-10,12-18,36H,8,11,19-20H2,1-7H3,(H,35,39). The van der Waals surface area contributed by atoms with Gasteiger partial charge in [0.05, 0.1) is 17.0 Å². The van der Waals surface area contributed by atoms with Crippen LogP contribution in [0.2, 0.25) is 0 Å². The summed E-state index contributed by atoms with van der Waals surface area (Å²) in [4.78, 5) is 30.9. The minimum absolute atomic E-state index is 0.0386. The minimum Gasteiger partial charge on any atom is -0.350 e. The first-order valence-corrected chi connectivity index (χ1v) is 15.8. The van der Waals surface area contributed by atoms with Crippen LogP contribution in [0.5, 0.6) is 0 Å². The average molecular weight is 610 g/mol. The topological polar surface area (TPSA) is 115 Å². The lowest BCUT2D eigenvalue weighted by Crippen LogP contribution is -2.43. The third kappa shape index (κ3) is 7.58. The zero-order valence-corrected chi connectivity index (χ0v) is 26.6. The smallest absolute Gasteiger partial charge is 0.277 e. The molecule has 0 aliphatic carbocycles. The van der Waals surface area contributed by atoms with Crippen molar-refractivity contribution in [2.45, 2.75) is 90.4 Å². The Morgan fingerprint density at radius 1 is 1.00 bits per heavy atom. The zero-order chi connectivity index (χ0) is 31.7. The highest BCUT2D eigenvalue weighted by Crippen LogP contribution is 2.30. The van der Waals surface area contributed by atoms with Gasteiger partial charge in [-0.05, 0) is 71.7 Å². The van der Waals surface area contributed by atoms with Crippen molar-refractivity contribution in [2.24, 2.45) is 0 Å². The molecule has 0 radical (unpaired) electrons. The third-order valence-corrected chi connectivity index (χ3v) is 8.38. The SMILES string of the molecule is CCCc1nc2ccn(CC(=O)NC(C)(C)C)c(=O)c2n1Cc1ccc(-c2ccccc2S(=O)(=O)NC(C)(C)C)cc1F. The molecule has 4 rings (SSSR count). The average Bonchev–Trinajstić information content (AvgIpc) is 3.22. The van der Waals surface area contributed by atoms with Crippen LogP contribution in [-0.2, 0) is 34.3 Å². The van der Waals surface area contributed by atoms with Crippen molar-refractivity contribution >= 4 is 27.0 Å². The highest BCUT2D eigenvalue weighted by molar-refractivity contribution is 7.89. The van der Waals surface area contributed by atoms with Gasteiger partial charge in [-0.1, -0.05) is 37.3 Å². The van der Waals surface area contributed by atoms with Gasteiger partial charge in [-0.15, -0.1) is 0 Å². The van der Waals surface area contributed by atoms with E-state index >= 15 is 4.39 Å². The normalized spacial score (nSPS) is 12.6. The molecule has 0 unspecified atom stereocenters. The van der Waals surface area contributed by atoms with Gasteiger partial charge in [0.2, 0.25) is 15.9 Å². The first-order chi connectivity index (χ1) is 20.0. The number of hydrogen-bond donors (Lipinski definition) is 2. The molecule has 2 heterocycles. The molecule has 0 aliphatic heterocycles. The molecule has 2 N–H and O–H groups in total. The lowest BCUT2D eigenvalue weighted by atomic mass is 10.0. The summed E-state index contributed by atoms with van der Waals surface area (Å²) >= 11 is 0. The number of sulfonamides is 1. The lowest BCUT2D eigenvalue weighted by Gasteiger charge is -2.21. The number of imidazole rings is 1. The Bertz CT molecular complexity index is 1830. The number of rotatable bonds is 9. The number of amides is 1. The first kappa shape index (κ1) is 32.1. The van der Waals surface area contributed by atoms with Gasteiger partial charge < -0.3 is 14.5 Å². The summed E-state index contributed by atoms with van der Waals surface area (Å²) in [5.74, 6) is -0.200. The number of carbonyl (C=O) groups excluding carboxylic acids is 1. The van der Waals surface area contributed by atoms with Crippen LogP contribution in [0.25, 0.3) is 22.2 Å². The maximum atomic E-state index is 15.7. The van der Waals surface area contributed by atoms with Crippen molar-refractivity contribution in [1.82, 2.24) is 24.2 Å². The summed E-state index contributed by atoms with van der Waals surface area (Å²) in [6.45, 7) is 12.7. The third-order valence-electron chi connectivity index (χ3n) is 6.56. The molecule has 4 aromatic rings. The van der Waals surface area contributed by atoms with Crippen LogP contribution in [0.4, 0.5) is 4.39 Å². The van der Waals surface area contributed by atoms with Gasteiger partial charge in [-0.3, -0.25) is 9.59 Å². The van der Waals surface area contributed by atoms with E-state index in [1.54, 1.807) is 67.9 Å². The molecule has 1 amide bonds. The number of hydrogen-bond acceptors (Lipinski definition) is 5. The summed E-state index contributed by atoms with van der Waals surface area (Å²) in [6, 6.07) is 12.8.